The third kappa shape index (κ3) is 1180. The summed E-state index contributed by atoms with van der Waals surface area (Å²) in [5.74, 6) is 0. The van der Waals surface area contributed by atoms with Gasteiger partial charge in [-0.1, -0.05) is 0 Å². The molecule has 0 aromatic carbocycles. The minimum atomic E-state index is -5.39. The molecule has 0 bridgehead atoms. The summed E-state index contributed by atoms with van der Waals surface area (Å²) in [6.45, 7) is 0. The van der Waals surface area contributed by atoms with E-state index in [0.29, 0.717) is 0 Å². The van der Waals surface area contributed by atoms with Crippen molar-refractivity contribution in [2.45, 2.75) is 0 Å². The van der Waals surface area contributed by atoms with Crippen molar-refractivity contribution in [2.75, 3.05) is 0 Å². The van der Waals surface area contributed by atoms with Crippen molar-refractivity contribution in [3.05, 3.63) is 0 Å². The van der Waals surface area contributed by atoms with E-state index < -0.39 is 23.5 Å². The zero-order chi connectivity index (χ0) is 13.5. The molecular weight excluding hydrogens is 528 g/mol. The molecule has 0 fully saturated rings. The van der Waals surface area contributed by atoms with Gasteiger partial charge in [0, 0.05) is 0 Å². The van der Waals surface area contributed by atoms with Gasteiger partial charge in [0.1, 0.15) is 0 Å². The van der Waals surface area contributed by atoms with Crippen LogP contribution in [0, 0.1) is 0 Å². The van der Waals surface area contributed by atoms with Gasteiger partial charge in [-0.3, -0.25) is 0 Å². The fraction of sp³-hybridized carbons (Fsp3) is 0. The first-order chi connectivity index (χ1) is 6.00. The van der Waals surface area contributed by atoms with E-state index in [0.717, 1.165) is 0 Å². The van der Waals surface area contributed by atoms with Crippen LogP contribution in [0.2, 0.25) is 0 Å². The van der Waals surface area contributed by atoms with Crippen LogP contribution >= 0.6 is 23.5 Å². The molecule has 0 heterocycles. The first-order valence-electron chi connectivity index (χ1n) is 2.19. The molecule has 0 saturated heterocycles. The van der Waals surface area contributed by atoms with Crippen molar-refractivity contribution in [3.8, 4) is 0 Å². The second kappa shape index (κ2) is 18.5. The van der Waals surface area contributed by atoms with E-state index >= 15 is 0 Å². The molecule has 0 atom stereocenters. The third-order valence-corrected chi connectivity index (χ3v) is 0. The van der Waals surface area contributed by atoms with Crippen LogP contribution in [0.4, 0.5) is 0 Å². The molecule has 19 heteroatoms. The predicted molar refractivity (Wildman–Crippen MR) is 22.8 cm³/mol. The van der Waals surface area contributed by atoms with Gasteiger partial charge in [0.25, 0.3) is 0 Å². The topological polar surface area (TPSA) is 259 Å². The molecule has 0 aromatic heterocycles. The van der Waals surface area contributed by atoms with Gasteiger partial charge < -0.3 is 57.7 Å². The molecule has 0 rings (SSSR count). The zero-order valence-corrected chi connectivity index (χ0v) is 14.3. The van der Waals surface area contributed by atoms with Crippen LogP contribution in [0.5, 0.6) is 0 Å². The Hall–Kier alpha value is 2.42. The Labute approximate surface area is 149 Å². The molecular formula is CrCu3O12P3. The maximum absolute atomic E-state index is 8.55. The molecule has 0 amide bonds. The summed E-state index contributed by atoms with van der Waals surface area (Å²) >= 11 is 0. The number of hydrogen-bond donors (Lipinski definition) is 0. The van der Waals surface area contributed by atoms with Crippen LogP contribution in [0.3, 0.4) is 0 Å². The van der Waals surface area contributed by atoms with Crippen LogP contribution in [0.15, 0.2) is 0 Å². The molecule has 0 aliphatic heterocycles. The van der Waals surface area contributed by atoms with Gasteiger partial charge in [0.2, 0.25) is 0 Å². The number of phosphoric acid groups is 3. The van der Waals surface area contributed by atoms with E-state index in [1.807, 2.05) is 0 Å². The first kappa shape index (κ1) is 43.0. The molecule has 19 heavy (non-hydrogen) atoms. The zero-order valence-electron chi connectivity index (χ0n) is 7.55. The fourth-order valence-corrected chi connectivity index (χ4v) is 0. The van der Waals surface area contributed by atoms with E-state index in [1.165, 1.54) is 0 Å². The van der Waals surface area contributed by atoms with Crippen molar-refractivity contribution >= 4 is 23.5 Å². The van der Waals surface area contributed by atoms with E-state index in [9.17, 15) is 0 Å². The van der Waals surface area contributed by atoms with Gasteiger partial charge in [0.15, 0.2) is 0 Å². The van der Waals surface area contributed by atoms with Crippen LogP contribution < -0.4 is 44.0 Å². The van der Waals surface area contributed by atoms with Gasteiger partial charge >= 0.3 is 68.6 Å². The molecule has 4 radical (unpaired) electrons. The number of rotatable bonds is 0. The average Bonchev–Trinajstić information content (AvgIpc) is 1.41. The van der Waals surface area contributed by atoms with E-state index in [-0.39, 0.29) is 68.6 Å². The summed E-state index contributed by atoms with van der Waals surface area (Å²) in [5.41, 5.74) is 0. The summed E-state index contributed by atoms with van der Waals surface area (Å²) in [7, 11) is -16.2. The average molecular weight is 528 g/mol. The quantitative estimate of drug-likeness (QED) is 0.210. The Bertz CT molecular complexity index is 214. The van der Waals surface area contributed by atoms with E-state index in [1.54, 1.807) is 0 Å². The molecule has 0 aliphatic carbocycles. The second-order valence-corrected chi connectivity index (χ2v) is 4.02. The normalized spacial score (nSPS) is 9.32. The molecule has 0 aliphatic rings. The Morgan fingerprint density at radius 2 is 0.421 bits per heavy atom. The summed E-state index contributed by atoms with van der Waals surface area (Å²) in [4.78, 5) is 76.9. The maximum atomic E-state index is 8.55. The Kier molecular flexibility index (Phi) is 41.8. The van der Waals surface area contributed by atoms with E-state index in [2.05, 4.69) is 0 Å². The molecule has 0 aromatic rings. The third-order valence-electron chi connectivity index (χ3n) is 0. The Morgan fingerprint density at radius 3 is 0.421 bits per heavy atom. The van der Waals surface area contributed by atoms with Gasteiger partial charge in [-0.15, -0.1) is 0 Å². The van der Waals surface area contributed by atoms with Crippen LogP contribution in [0.1, 0.15) is 0 Å². The fourth-order valence-electron chi connectivity index (χ4n) is 0. The standard InChI is InChI=1S/Cr.3Cu.3H3O4P/c;;;;3*1-5(2,3)4/h;;;;3*(H3,1,2,3,4)/q+3;3*+2;;;/p-9. The minimum Gasteiger partial charge on any atom is -0.822 e. The molecule has 0 spiro atoms. The summed E-state index contributed by atoms with van der Waals surface area (Å²) in [5, 5.41) is 0. The van der Waals surface area contributed by atoms with Crippen LogP contribution in [-0.2, 0) is 82.3 Å². The summed E-state index contributed by atoms with van der Waals surface area (Å²) in [6.07, 6.45) is 0. The SMILES string of the molecule is O=P([O-])([O-])[O-].O=P([O-])([O-])[O-].O=P([O-])([O-])[O-].[Cr+3].[Cu+2].[Cu+2].[Cu+2]. The molecule has 12 nitrogen and oxygen atoms in total. The van der Waals surface area contributed by atoms with Crippen molar-refractivity contribution in [3.63, 3.8) is 0 Å². The van der Waals surface area contributed by atoms with Crippen molar-refractivity contribution in [1.29, 1.82) is 0 Å². The van der Waals surface area contributed by atoms with E-state index in [4.69, 9.17) is 57.7 Å². The Balaban J connectivity index is -0.0000000206. The second-order valence-electron chi connectivity index (χ2n) is 1.34. The first-order valence-corrected chi connectivity index (χ1v) is 6.57. The van der Waals surface area contributed by atoms with Crippen LogP contribution in [-0.4, -0.2) is 0 Å². The molecule has 126 valence electrons. The predicted octanol–water partition coefficient (Wildman–Crippen LogP) is -8.48. The smallest absolute Gasteiger partial charge is 0.822 e. The van der Waals surface area contributed by atoms with Gasteiger partial charge in [0.05, 0.1) is 0 Å². The van der Waals surface area contributed by atoms with Gasteiger partial charge in [-0.25, -0.2) is 0 Å². The van der Waals surface area contributed by atoms with Gasteiger partial charge in [-0.05, 0) is 0 Å². The van der Waals surface area contributed by atoms with Gasteiger partial charge in [-0.2, -0.15) is 23.5 Å². The van der Waals surface area contributed by atoms with Crippen LogP contribution in [0.25, 0.3) is 0 Å². The minimum absolute atomic E-state index is 0. The summed E-state index contributed by atoms with van der Waals surface area (Å²) in [6, 6.07) is 0. The van der Waals surface area contributed by atoms with Crippen molar-refractivity contribution in [1.82, 2.24) is 0 Å². The molecule has 0 unspecified atom stereocenters. The largest absolute Gasteiger partial charge is 3.00 e. The molecule has 0 N–H and O–H groups in total. The number of hydrogen-bond acceptors (Lipinski definition) is 12. The van der Waals surface area contributed by atoms with Crippen molar-refractivity contribution < 1.29 is 126 Å². The molecule has 0 saturated carbocycles. The van der Waals surface area contributed by atoms with Crippen molar-refractivity contribution in [2.24, 2.45) is 0 Å². The maximum Gasteiger partial charge on any atom is 3.00 e. The summed E-state index contributed by atoms with van der Waals surface area (Å²) < 4.78 is 25.6. The Morgan fingerprint density at radius 1 is 0.421 bits per heavy atom. The monoisotopic (exact) mass is 526 g/mol.